The summed E-state index contributed by atoms with van der Waals surface area (Å²) in [7, 11) is 1.68. The van der Waals surface area contributed by atoms with Crippen LogP contribution in [0.2, 0.25) is 0 Å². The molecule has 0 unspecified atom stereocenters. The average molecular weight is 447 g/mol. The summed E-state index contributed by atoms with van der Waals surface area (Å²) in [6.07, 6.45) is 1.06. The minimum atomic E-state index is -0.269. The second kappa shape index (κ2) is 8.81. The number of fused-ring (bicyclic) bond motifs is 1. The van der Waals surface area contributed by atoms with Gasteiger partial charge < -0.3 is 14.5 Å². The molecule has 170 valence electrons. The van der Waals surface area contributed by atoms with Crippen LogP contribution in [0.15, 0.2) is 48.5 Å². The number of methoxy groups -OCH3 is 1. The van der Waals surface area contributed by atoms with Gasteiger partial charge in [0.05, 0.1) is 24.1 Å². The second-order valence-corrected chi connectivity index (χ2v) is 8.69. The maximum atomic E-state index is 13.4. The van der Waals surface area contributed by atoms with Crippen LogP contribution >= 0.6 is 0 Å². The minimum Gasteiger partial charge on any atom is -0.497 e. The Labute approximate surface area is 193 Å². The van der Waals surface area contributed by atoms with E-state index in [9.17, 15) is 9.18 Å². The van der Waals surface area contributed by atoms with Gasteiger partial charge in [0.25, 0.3) is 0 Å². The van der Waals surface area contributed by atoms with Crippen molar-refractivity contribution in [1.29, 1.82) is 0 Å². The van der Waals surface area contributed by atoms with Gasteiger partial charge in [0.1, 0.15) is 11.6 Å². The largest absolute Gasteiger partial charge is 0.497 e. The van der Waals surface area contributed by atoms with Crippen molar-refractivity contribution in [3.63, 3.8) is 0 Å². The Hall–Kier alpha value is -3.48. The van der Waals surface area contributed by atoms with Gasteiger partial charge in [0.15, 0.2) is 5.78 Å². The Kier molecular flexibility index (Phi) is 5.70. The summed E-state index contributed by atoms with van der Waals surface area (Å²) in [5.74, 6) is 1.35. The van der Waals surface area contributed by atoms with Crippen molar-refractivity contribution in [3.8, 4) is 5.75 Å². The van der Waals surface area contributed by atoms with Crippen molar-refractivity contribution >= 4 is 17.4 Å². The summed E-state index contributed by atoms with van der Waals surface area (Å²) in [6, 6.07) is 14.5. The van der Waals surface area contributed by atoms with Crippen LogP contribution in [0.25, 0.3) is 0 Å². The number of aryl methyl sites for hydroxylation is 1. The molecule has 5 rings (SSSR count). The lowest BCUT2D eigenvalue weighted by Gasteiger charge is -2.36. The molecule has 0 N–H and O–H groups in total. The molecule has 0 saturated carbocycles. The van der Waals surface area contributed by atoms with Crippen molar-refractivity contribution in [2.45, 2.75) is 25.7 Å². The van der Waals surface area contributed by atoms with Crippen molar-refractivity contribution < 1.29 is 13.9 Å². The number of aromatic nitrogens is 2. The van der Waals surface area contributed by atoms with Crippen molar-refractivity contribution in [2.75, 3.05) is 43.1 Å². The monoisotopic (exact) mass is 446 g/mol. The zero-order valence-electron chi connectivity index (χ0n) is 18.9. The smallest absolute Gasteiger partial charge is 0.225 e. The topological polar surface area (TPSA) is 58.6 Å². The Morgan fingerprint density at radius 2 is 1.70 bits per heavy atom. The first kappa shape index (κ1) is 21.4. The fourth-order valence-electron chi connectivity index (χ4n) is 4.84. The van der Waals surface area contributed by atoms with E-state index in [0.717, 1.165) is 54.6 Å². The number of anilines is 2. The summed E-state index contributed by atoms with van der Waals surface area (Å²) in [6.45, 7) is 5.19. The van der Waals surface area contributed by atoms with Gasteiger partial charge in [-0.3, -0.25) is 4.79 Å². The highest BCUT2D eigenvalue weighted by molar-refractivity contribution is 5.99. The number of carbonyl (C=O) groups is 1. The molecule has 6 nitrogen and oxygen atoms in total. The summed E-state index contributed by atoms with van der Waals surface area (Å²) < 4.78 is 18.7. The van der Waals surface area contributed by atoms with E-state index < -0.39 is 0 Å². The number of hydrogen-bond donors (Lipinski definition) is 0. The molecule has 2 aromatic carbocycles. The van der Waals surface area contributed by atoms with Crippen LogP contribution < -0.4 is 14.5 Å². The molecule has 1 aliphatic carbocycles. The Morgan fingerprint density at radius 3 is 2.42 bits per heavy atom. The number of nitrogens with zero attached hydrogens (tertiary/aromatic N) is 4. The van der Waals surface area contributed by atoms with Gasteiger partial charge in [-0.05, 0) is 49.1 Å². The highest BCUT2D eigenvalue weighted by atomic mass is 19.1. The van der Waals surface area contributed by atoms with E-state index in [2.05, 4.69) is 21.9 Å². The predicted octanol–water partition coefficient (Wildman–Crippen LogP) is 4.17. The number of Topliss-reactive ketones (excluding diaryl/α,β-unsaturated/α-hetero) is 1. The van der Waals surface area contributed by atoms with Gasteiger partial charge in [-0.25, -0.2) is 14.4 Å². The van der Waals surface area contributed by atoms with Crippen LogP contribution in [0.4, 0.5) is 16.0 Å². The van der Waals surface area contributed by atoms with Crippen LogP contribution in [0.5, 0.6) is 5.75 Å². The normalized spacial score (nSPS) is 18.3. The van der Waals surface area contributed by atoms with Crippen LogP contribution in [-0.4, -0.2) is 49.0 Å². The van der Waals surface area contributed by atoms with E-state index in [-0.39, 0.29) is 17.5 Å². The van der Waals surface area contributed by atoms with E-state index in [1.807, 2.05) is 19.1 Å². The third-order valence-electron chi connectivity index (χ3n) is 6.63. The van der Waals surface area contributed by atoms with E-state index in [0.29, 0.717) is 24.4 Å². The second-order valence-electron chi connectivity index (χ2n) is 8.69. The summed E-state index contributed by atoms with van der Waals surface area (Å²) in [4.78, 5) is 27.0. The zero-order chi connectivity index (χ0) is 22.9. The van der Waals surface area contributed by atoms with Gasteiger partial charge in [-0.1, -0.05) is 18.2 Å². The fraction of sp³-hybridized carbons (Fsp3) is 0.346. The summed E-state index contributed by atoms with van der Waals surface area (Å²) in [5, 5.41) is 0. The maximum Gasteiger partial charge on any atom is 0.225 e. The quantitative estimate of drug-likeness (QED) is 0.600. The molecule has 1 atom stereocenters. The first-order chi connectivity index (χ1) is 16.0. The molecule has 2 aliphatic rings. The molecular formula is C26H27FN4O2. The molecule has 0 bridgehead atoms. The molecule has 33 heavy (non-hydrogen) atoms. The van der Waals surface area contributed by atoms with E-state index in [4.69, 9.17) is 14.7 Å². The van der Waals surface area contributed by atoms with Gasteiger partial charge in [0.2, 0.25) is 5.95 Å². The fourth-order valence-corrected chi connectivity index (χ4v) is 4.84. The maximum absolute atomic E-state index is 13.4. The first-order valence-electron chi connectivity index (χ1n) is 11.3. The molecule has 3 aromatic rings. The summed E-state index contributed by atoms with van der Waals surface area (Å²) >= 11 is 0. The molecule has 0 amide bonds. The van der Waals surface area contributed by atoms with Crippen LogP contribution in [-0.2, 0) is 6.42 Å². The zero-order valence-corrected chi connectivity index (χ0v) is 18.9. The standard InChI is InChI=1S/C26H27FN4O2/c1-17-25-23(14-19(15-24(25)32)18-6-8-20(27)9-7-18)29-26(28-17)31-12-10-30(11-13-31)21-4-3-5-22(16-21)33-2/h3-9,16,19H,10-15H2,1-2H3/t19-/m0/s1. The SMILES string of the molecule is COc1cccc(N2CCN(c3nc(C)c4c(n3)C[C@H](c3ccc(F)cc3)CC4=O)CC2)c1. The molecule has 0 spiro atoms. The Balaban J connectivity index is 1.34. The third-order valence-corrected chi connectivity index (χ3v) is 6.63. The van der Waals surface area contributed by atoms with Gasteiger partial charge >= 0.3 is 0 Å². The minimum absolute atomic E-state index is 0.0117. The molecule has 7 heteroatoms. The molecule has 1 saturated heterocycles. The molecule has 1 fully saturated rings. The number of benzene rings is 2. The lowest BCUT2D eigenvalue weighted by molar-refractivity contribution is 0.0962. The highest BCUT2D eigenvalue weighted by Crippen LogP contribution is 2.34. The molecule has 2 heterocycles. The Bertz CT molecular complexity index is 1170. The average Bonchev–Trinajstić information content (AvgIpc) is 2.84. The lowest BCUT2D eigenvalue weighted by atomic mass is 9.81. The predicted molar refractivity (Wildman–Crippen MR) is 126 cm³/mol. The molecule has 0 radical (unpaired) electrons. The van der Waals surface area contributed by atoms with Gasteiger partial charge in [-0.15, -0.1) is 0 Å². The number of ketones is 1. The Morgan fingerprint density at radius 1 is 0.970 bits per heavy atom. The number of piperazine rings is 1. The van der Waals surface area contributed by atoms with Crippen molar-refractivity contribution in [3.05, 3.63) is 76.9 Å². The first-order valence-corrected chi connectivity index (χ1v) is 11.3. The van der Waals surface area contributed by atoms with Crippen LogP contribution in [0.1, 0.15) is 39.6 Å². The number of rotatable bonds is 4. The van der Waals surface area contributed by atoms with Crippen LogP contribution in [0, 0.1) is 12.7 Å². The van der Waals surface area contributed by atoms with E-state index >= 15 is 0 Å². The van der Waals surface area contributed by atoms with Crippen molar-refractivity contribution in [1.82, 2.24) is 9.97 Å². The molecule has 1 aromatic heterocycles. The number of halogens is 1. The number of ether oxygens (including phenoxy) is 1. The van der Waals surface area contributed by atoms with E-state index in [1.165, 1.54) is 12.1 Å². The van der Waals surface area contributed by atoms with Crippen LogP contribution in [0.3, 0.4) is 0 Å². The number of hydrogen-bond acceptors (Lipinski definition) is 6. The highest BCUT2D eigenvalue weighted by Gasteiger charge is 2.31. The van der Waals surface area contributed by atoms with Crippen molar-refractivity contribution in [2.24, 2.45) is 0 Å². The molecular weight excluding hydrogens is 419 g/mol. The summed E-state index contributed by atoms with van der Waals surface area (Å²) in [5.41, 5.74) is 4.32. The van der Waals surface area contributed by atoms with Gasteiger partial charge in [-0.2, -0.15) is 0 Å². The third kappa shape index (κ3) is 4.27. The lowest BCUT2D eigenvalue weighted by Crippen LogP contribution is -2.47. The van der Waals surface area contributed by atoms with E-state index in [1.54, 1.807) is 19.2 Å². The van der Waals surface area contributed by atoms with Gasteiger partial charge in [0, 0.05) is 44.4 Å². The molecule has 1 aliphatic heterocycles. The number of carbonyl (C=O) groups excluding carboxylic acids is 1.